The quantitative estimate of drug-likeness (QED) is 0.576. The van der Waals surface area contributed by atoms with Gasteiger partial charge in [-0.15, -0.1) is 0 Å². The van der Waals surface area contributed by atoms with Gasteiger partial charge < -0.3 is 28.4 Å². The Hall–Kier alpha value is -1.92. The lowest BCUT2D eigenvalue weighted by molar-refractivity contribution is -0.296. The van der Waals surface area contributed by atoms with E-state index in [2.05, 4.69) is 26.3 Å². The van der Waals surface area contributed by atoms with Crippen LogP contribution in [-0.4, -0.2) is 44.4 Å². The zero-order chi connectivity index (χ0) is 15.7. The summed E-state index contributed by atoms with van der Waals surface area (Å²) in [6.07, 6.45) is 2.50. The van der Waals surface area contributed by atoms with Gasteiger partial charge in [0.15, 0.2) is 24.6 Å². The lowest BCUT2D eigenvalue weighted by atomic mass is 9.98. The molecule has 0 saturated carbocycles. The lowest BCUT2D eigenvalue weighted by Gasteiger charge is -2.43. The van der Waals surface area contributed by atoms with Crippen molar-refractivity contribution in [3.05, 3.63) is 51.4 Å². The Balaban J connectivity index is 3.01. The number of methoxy groups -OCH3 is 1. The first-order chi connectivity index (χ1) is 10.2. The molecule has 6 nitrogen and oxygen atoms in total. The van der Waals surface area contributed by atoms with Crippen LogP contribution >= 0.6 is 0 Å². The molecule has 0 aliphatic carbocycles. The van der Waals surface area contributed by atoms with Gasteiger partial charge in [0.2, 0.25) is 0 Å². The van der Waals surface area contributed by atoms with Crippen LogP contribution in [0.5, 0.6) is 0 Å². The first-order valence-electron chi connectivity index (χ1n) is 6.43. The van der Waals surface area contributed by atoms with E-state index in [0.717, 1.165) is 0 Å². The van der Waals surface area contributed by atoms with E-state index in [0.29, 0.717) is 0 Å². The number of hydrogen-bond acceptors (Lipinski definition) is 6. The van der Waals surface area contributed by atoms with Crippen LogP contribution in [0.3, 0.4) is 0 Å². The summed E-state index contributed by atoms with van der Waals surface area (Å²) in [5.74, 6) is 0. The summed E-state index contributed by atoms with van der Waals surface area (Å²) in [5, 5.41) is 0. The third kappa shape index (κ3) is 4.27. The van der Waals surface area contributed by atoms with Crippen molar-refractivity contribution in [2.24, 2.45) is 0 Å². The van der Waals surface area contributed by atoms with Crippen LogP contribution in [0.15, 0.2) is 51.4 Å². The van der Waals surface area contributed by atoms with Crippen molar-refractivity contribution < 1.29 is 28.4 Å². The molecule has 1 fully saturated rings. The van der Waals surface area contributed by atoms with E-state index in [1.165, 1.54) is 32.2 Å². The SMILES string of the molecule is C=COC[C@H]1O[C@H](OC)[C@H](OC=C)[C@@H](OC=C)[C@@H]1OC=C. The maximum atomic E-state index is 5.79. The van der Waals surface area contributed by atoms with Crippen molar-refractivity contribution >= 4 is 0 Å². The molecule has 1 aliphatic heterocycles. The molecule has 1 heterocycles. The molecule has 0 amide bonds. The van der Waals surface area contributed by atoms with Crippen molar-refractivity contribution in [3.8, 4) is 0 Å². The van der Waals surface area contributed by atoms with E-state index in [9.17, 15) is 0 Å². The Kier molecular flexibility index (Phi) is 7.42. The third-order valence-corrected chi connectivity index (χ3v) is 2.96. The fourth-order valence-electron chi connectivity index (χ4n) is 2.16. The molecular formula is C15H22O6. The van der Waals surface area contributed by atoms with Gasteiger partial charge in [0.1, 0.15) is 12.7 Å². The van der Waals surface area contributed by atoms with Crippen LogP contribution in [0, 0.1) is 0 Å². The zero-order valence-corrected chi connectivity index (χ0v) is 12.2. The second-order valence-corrected chi connectivity index (χ2v) is 4.08. The summed E-state index contributed by atoms with van der Waals surface area (Å²) in [7, 11) is 1.51. The van der Waals surface area contributed by atoms with E-state index in [1.807, 2.05) is 0 Å². The Morgan fingerprint density at radius 1 is 0.857 bits per heavy atom. The Morgan fingerprint density at radius 2 is 1.43 bits per heavy atom. The fraction of sp³-hybridized carbons (Fsp3) is 0.467. The van der Waals surface area contributed by atoms with Crippen molar-refractivity contribution in [1.29, 1.82) is 0 Å². The largest absolute Gasteiger partial charge is 0.499 e. The van der Waals surface area contributed by atoms with Crippen LogP contribution in [0.2, 0.25) is 0 Å². The Bertz CT molecular complexity index is 356. The van der Waals surface area contributed by atoms with Crippen LogP contribution in [-0.2, 0) is 28.4 Å². The van der Waals surface area contributed by atoms with Crippen molar-refractivity contribution in [3.63, 3.8) is 0 Å². The molecule has 6 heteroatoms. The molecule has 0 aromatic rings. The maximum Gasteiger partial charge on any atom is 0.198 e. The predicted octanol–water partition coefficient (Wildman–Crippen LogP) is 2.10. The van der Waals surface area contributed by atoms with Gasteiger partial charge in [-0.1, -0.05) is 26.3 Å². The van der Waals surface area contributed by atoms with E-state index in [1.54, 1.807) is 0 Å². The molecule has 1 saturated heterocycles. The summed E-state index contributed by atoms with van der Waals surface area (Å²) in [6.45, 7) is 14.4. The molecular weight excluding hydrogens is 276 g/mol. The van der Waals surface area contributed by atoms with Crippen molar-refractivity contribution in [2.45, 2.75) is 30.7 Å². The number of hydrogen-bond donors (Lipinski definition) is 0. The molecule has 5 atom stereocenters. The van der Waals surface area contributed by atoms with Crippen LogP contribution in [0.1, 0.15) is 0 Å². The van der Waals surface area contributed by atoms with E-state index < -0.39 is 30.7 Å². The van der Waals surface area contributed by atoms with Crippen LogP contribution < -0.4 is 0 Å². The van der Waals surface area contributed by atoms with Gasteiger partial charge in [0.05, 0.1) is 25.0 Å². The van der Waals surface area contributed by atoms with Gasteiger partial charge in [0.25, 0.3) is 0 Å². The van der Waals surface area contributed by atoms with E-state index in [4.69, 9.17) is 28.4 Å². The standard InChI is InChI=1S/C15H22O6/c1-6-17-10-11-12(18-7-2)13(19-8-3)14(20-9-4)15(16-5)21-11/h6-9,11-15H,1-4,10H2,5H3/t11-,12-,13+,14-,15+/m1/s1. The smallest absolute Gasteiger partial charge is 0.198 e. The van der Waals surface area contributed by atoms with Gasteiger partial charge in [-0.25, -0.2) is 0 Å². The highest BCUT2D eigenvalue weighted by atomic mass is 16.7. The van der Waals surface area contributed by atoms with Crippen LogP contribution in [0.25, 0.3) is 0 Å². The molecule has 1 aliphatic rings. The topological polar surface area (TPSA) is 55.4 Å². The average Bonchev–Trinajstić information content (AvgIpc) is 2.49. The zero-order valence-electron chi connectivity index (χ0n) is 12.2. The molecule has 1 rings (SSSR count). The summed E-state index contributed by atoms with van der Waals surface area (Å²) < 4.78 is 32.8. The fourth-order valence-corrected chi connectivity index (χ4v) is 2.16. The van der Waals surface area contributed by atoms with Gasteiger partial charge in [-0.2, -0.15) is 0 Å². The highest BCUT2D eigenvalue weighted by Gasteiger charge is 2.50. The predicted molar refractivity (Wildman–Crippen MR) is 77.0 cm³/mol. The van der Waals surface area contributed by atoms with Gasteiger partial charge in [-0.3, -0.25) is 0 Å². The molecule has 0 spiro atoms. The molecule has 0 bridgehead atoms. The first kappa shape index (κ1) is 17.1. The molecule has 118 valence electrons. The normalized spacial score (nSPS) is 31.6. The Morgan fingerprint density at radius 3 is 1.95 bits per heavy atom. The first-order valence-corrected chi connectivity index (χ1v) is 6.43. The maximum absolute atomic E-state index is 5.79. The molecule has 21 heavy (non-hydrogen) atoms. The number of ether oxygens (including phenoxy) is 6. The highest BCUT2D eigenvalue weighted by Crippen LogP contribution is 2.29. The van der Waals surface area contributed by atoms with Gasteiger partial charge in [0, 0.05) is 7.11 Å². The monoisotopic (exact) mass is 298 g/mol. The molecule has 0 aromatic heterocycles. The highest BCUT2D eigenvalue weighted by molar-refractivity contribution is 4.95. The Labute approximate surface area is 125 Å². The minimum Gasteiger partial charge on any atom is -0.499 e. The molecule has 0 unspecified atom stereocenters. The van der Waals surface area contributed by atoms with Crippen LogP contribution in [0.4, 0.5) is 0 Å². The van der Waals surface area contributed by atoms with E-state index in [-0.39, 0.29) is 6.61 Å². The summed E-state index contributed by atoms with van der Waals surface area (Å²) in [6, 6.07) is 0. The average molecular weight is 298 g/mol. The molecule has 0 N–H and O–H groups in total. The lowest BCUT2D eigenvalue weighted by Crippen LogP contribution is -2.60. The van der Waals surface area contributed by atoms with Crippen molar-refractivity contribution in [1.82, 2.24) is 0 Å². The summed E-state index contributed by atoms with van der Waals surface area (Å²) in [5.41, 5.74) is 0. The van der Waals surface area contributed by atoms with Crippen molar-refractivity contribution in [2.75, 3.05) is 13.7 Å². The second-order valence-electron chi connectivity index (χ2n) is 4.08. The van der Waals surface area contributed by atoms with Gasteiger partial charge in [-0.05, 0) is 0 Å². The number of rotatable bonds is 10. The molecule has 0 aromatic carbocycles. The minimum atomic E-state index is -0.670. The molecule has 0 radical (unpaired) electrons. The summed E-state index contributed by atoms with van der Waals surface area (Å²) >= 11 is 0. The third-order valence-electron chi connectivity index (χ3n) is 2.96. The summed E-state index contributed by atoms with van der Waals surface area (Å²) in [4.78, 5) is 0. The minimum absolute atomic E-state index is 0.222. The van der Waals surface area contributed by atoms with Gasteiger partial charge >= 0.3 is 0 Å². The van der Waals surface area contributed by atoms with E-state index >= 15 is 0 Å². The second kappa shape index (κ2) is 9.10.